The maximum atomic E-state index is 9.26. The molecule has 0 radical (unpaired) electrons. The molecule has 1 fully saturated rings. The van der Waals surface area contributed by atoms with Crippen LogP contribution in [-0.4, -0.2) is 29.7 Å². The summed E-state index contributed by atoms with van der Waals surface area (Å²) in [6, 6.07) is 1.96. The maximum Gasteiger partial charge on any atom is 0.0558 e. The Kier molecular flexibility index (Phi) is 4.65. The molecule has 0 aliphatic carbocycles. The highest BCUT2D eigenvalue weighted by Crippen LogP contribution is 2.25. The van der Waals surface area contributed by atoms with E-state index >= 15 is 0 Å². The lowest BCUT2D eigenvalue weighted by molar-refractivity contribution is 0.170. The summed E-state index contributed by atoms with van der Waals surface area (Å²) >= 11 is 7.83. The number of aliphatic hydroxyl groups excluding tert-OH is 1. The second-order valence-electron chi connectivity index (χ2n) is 4.47. The number of aliphatic hydroxyl groups is 1. The van der Waals surface area contributed by atoms with E-state index in [-0.39, 0.29) is 0 Å². The second-order valence-corrected chi connectivity index (χ2v) is 5.88. The normalized spacial score (nSPS) is 23.2. The molecule has 0 saturated carbocycles. The highest BCUT2D eigenvalue weighted by atomic mass is 35.5. The Balaban J connectivity index is 1.95. The van der Waals surface area contributed by atoms with Gasteiger partial charge >= 0.3 is 0 Å². The Bertz CT molecular complexity index is 329. The smallest absolute Gasteiger partial charge is 0.0558 e. The molecule has 0 bridgehead atoms. The first kappa shape index (κ1) is 12.4. The summed E-state index contributed by atoms with van der Waals surface area (Å²) in [7, 11) is 0. The molecular weight excluding hydrogens is 242 g/mol. The highest BCUT2D eigenvalue weighted by Gasteiger charge is 2.18. The van der Waals surface area contributed by atoms with Crippen molar-refractivity contribution in [1.29, 1.82) is 0 Å². The summed E-state index contributed by atoms with van der Waals surface area (Å²) in [6.45, 7) is 3.39. The standard InChI is InChI=1S/C12H18ClNOS/c13-11-4-6-16-12(11)8-14-5-2-1-3-10(7-14)9-15/h4,6,10,15H,1-3,5,7-9H2. The van der Waals surface area contributed by atoms with Gasteiger partial charge < -0.3 is 5.11 Å². The first-order chi connectivity index (χ1) is 7.79. The topological polar surface area (TPSA) is 23.5 Å². The molecule has 1 saturated heterocycles. The molecule has 2 rings (SSSR count). The van der Waals surface area contributed by atoms with E-state index in [9.17, 15) is 5.11 Å². The van der Waals surface area contributed by atoms with E-state index in [0.717, 1.165) is 31.1 Å². The molecule has 0 amide bonds. The average molecular weight is 260 g/mol. The van der Waals surface area contributed by atoms with Crippen LogP contribution in [0.2, 0.25) is 5.02 Å². The molecule has 1 unspecified atom stereocenters. The molecule has 2 nitrogen and oxygen atoms in total. The van der Waals surface area contributed by atoms with Crippen LogP contribution >= 0.6 is 22.9 Å². The number of hydrogen-bond donors (Lipinski definition) is 1. The highest BCUT2D eigenvalue weighted by molar-refractivity contribution is 7.10. The third-order valence-electron chi connectivity index (χ3n) is 3.17. The summed E-state index contributed by atoms with van der Waals surface area (Å²) in [5.74, 6) is 0.446. The number of halogens is 1. The lowest BCUT2D eigenvalue weighted by Gasteiger charge is -2.22. The zero-order valence-electron chi connectivity index (χ0n) is 9.36. The van der Waals surface area contributed by atoms with Crippen LogP contribution in [0.15, 0.2) is 11.4 Å². The van der Waals surface area contributed by atoms with Crippen LogP contribution in [-0.2, 0) is 6.54 Å². The van der Waals surface area contributed by atoms with Crippen LogP contribution in [0.5, 0.6) is 0 Å². The van der Waals surface area contributed by atoms with Crippen LogP contribution in [0.4, 0.5) is 0 Å². The van der Waals surface area contributed by atoms with Gasteiger partial charge in [0.25, 0.3) is 0 Å². The Morgan fingerprint density at radius 3 is 3.06 bits per heavy atom. The summed E-state index contributed by atoms with van der Waals surface area (Å²) < 4.78 is 0. The molecule has 4 heteroatoms. The van der Waals surface area contributed by atoms with Gasteiger partial charge in [0.15, 0.2) is 0 Å². The molecule has 1 aliphatic heterocycles. The van der Waals surface area contributed by atoms with Crippen LogP contribution in [0, 0.1) is 5.92 Å². The van der Waals surface area contributed by atoms with Crippen molar-refractivity contribution >= 4 is 22.9 Å². The zero-order chi connectivity index (χ0) is 11.4. The van der Waals surface area contributed by atoms with Gasteiger partial charge in [-0.3, -0.25) is 4.90 Å². The van der Waals surface area contributed by atoms with Gasteiger partial charge in [0.2, 0.25) is 0 Å². The number of hydrogen-bond acceptors (Lipinski definition) is 3. The first-order valence-corrected chi connectivity index (χ1v) is 7.10. The first-order valence-electron chi connectivity index (χ1n) is 5.84. The Morgan fingerprint density at radius 1 is 1.50 bits per heavy atom. The van der Waals surface area contributed by atoms with E-state index < -0.39 is 0 Å². The Morgan fingerprint density at radius 2 is 2.38 bits per heavy atom. The van der Waals surface area contributed by atoms with E-state index in [1.165, 1.54) is 17.7 Å². The van der Waals surface area contributed by atoms with Crippen molar-refractivity contribution in [2.24, 2.45) is 5.92 Å². The van der Waals surface area contributed by atoms with Crippen molar-refractivity contribution in [3.05, 3.63) is 21.3 Å². The molecule has 16 heavy (non-hydrogen) atoms. The molecule has 1 aromatic heterocycles. The minimum Gasteiger partial charge on any atom is -0.396 e. The minimum absolute atomic E-state index is 0.314. The van der Waals surface area contributed by atoms with E-state index in [2.05, 4.69) is 4.90 Å². The zero-order valence-corrected chi connectivity index (χ0v) is 10.9. The van der Waals surface area contributed by atoms with Gasteiger partial charge in [-0.1, -0.05) is 18.0 Å². The fraction of sp³-hybridized carbons (Fsp3) is 0.667. The summed E-state index contributed by atoms with van der Waals surface area (Å²) in [6.07, 6.45) is 3.63. The fourth-order valence-corrected chi connectivity index (χ4v) is 3.39. The van der Waals surface area contributed by atoms with Gasteiger partial charge in [0.1, 0.15) is 0 Å². The predicted octanol–water partition coefficient (Wildman–Crippen LogP) is 3.00. The van der Waals surface area contributed by atoms with Crippen molar-refractivity contribution in [1.82, 2.24) is 4.90 Å². The largest absolute Gasteiger partial charge is 0.396 e. The average Bonchev–Trinajstić information content (AvgIpc) is 2.55. The molecule has 0 aromatic carbocycles. The van der Waals surface area contributed by atoms with Crippen molar-refractivity contribution < 1.29 is 5.11 Å². The number of rotatable bonds is 3. The monoisotopic (exact) mass is 259 g/mol. The Hall–Kier alpha value is -0.0900. The Labute approximate surface area is 106 Å². The van der Waals surface area contributed by atoms with E-state index in [1.807, 2.05) is 11.4 Å². The van der Waals surface area contributed by atoms with Crippen molar-refractivity contribution in [3.8, 4) is 0 Å². The van der Waals surface area contributed by atoms with Crippen molar-refractivity contribution in [2.75, 3.05) is 19.7 Å². The summed E-state index contributed by atoms with van der Waals surface area (Å²) in [5, 5.41) is 12.2. The third kappa shape index (κ3) is 3.20. The second kappa shape index (κ2) is 6.01. The number of likely N-dealkylation sites (tertiary alicyclic amines) is 1. The maximum absolute atomic E-state index is 9.26. The molecular formula is C12H18ClNOS. The summed E-state index contributed by atoms with van der Waals surface area (Å²) in [5.41, 5.74) is 0. The molecule has 90 valence electrons. The van der Waals surface area contributed by atoms with Crippen LogP contribution in [0.25, 0.3) is 0 Å². The molecule has 1 aliphatic rings. The van der Waals surface area contributed by atoms with E-state index in [4.69, 9.17) is 11.6 Å². The van der Waals surface area contributed by atoms with E-state index in [1.54, 1.807) is 11.3 Å². The number of thiophene rings is 1. The molecule has 2 heterocycles. The van der Waals surface area contributed by atoms with Crippen LogP contribution < -0.4 is 0 Å². The molecule has 1 aromatic rings. The van der Waals surface area contributed by atoms with Gasteiger partial charge in [0, 0.05) is 24.6 Å². The van der Waals surface area contributed by atoms with Gasteiger partial charge in [-0.15, -0.1) is 11.3 Å². The van der Waals surface area contributed by atoms with Crippen molar-refractivity contribution in [3.63, 3.8) is 0 Å². The molecule has 1 N–H and O–H groups in total. The van der Waals surface area contributed by atoms with Crippen molar-refractivity contribution in [2.45, 2.75) is 25.8 Å². The van der Waals surface area contributed by atoms with E-state index in [0.29, 0.717) is 12.5 Å². The van der Waals surface area contributed by atoms with Crippen LogP contribution in [0.1, 0.15) is 24.1 Å². The van der Waals surface area contributed by atoms with Gasteiger partial charge in [-0.2, -0.15) is 0 Å². The van der Waals surface area contributed by atoms with Gasteiger partial charge in [0.05, 0.1) is 5.02 Å². The third-order valence-corrected chi connectivity index (χ3v) is 4.54. The van der Waals surface area contributed by atoms with Crippen LogP contribution in [0.3, 0.4) is 0 Å². The fourth-order valence-electron chi connectivity index (χ4n) is 2.25. The number of nitrogens with zero attached hydrogens (tertiary/aromatic N) is 1. The lowest BCUT2D eigenvalue weighted by Crippen LogP contribution is -2.29. The van der Waals surface area contributed by atoms with Gasteiger partial charge in [-0.25, -0.2) is 0 Å². The quantitative estimate of drug-likeness (QED) is 0.902. The molecule has 0 spiro atoms. The minimum atomic E-state index is 0.314. The molecule has 1 atom stereocenters. The SMILES string of the molecule is OCC1CCCCN(Cc2sccc2Cl)C1. The summed E-state index contributed by atoms with van der Waals surface area (Å²) in [4.78, 5) is 3.67. The predicted molar refractivity (Wildman–Crippen MR) is 69.0 cm³/mol. The van der Waals surface area contributed by atoms with Gasteiger partial charge in [-0.05, 0) is 36.8 Å². The lowest BCUT2D eigenvalue weighted by atomic mass is 10.1.